The topological polar surface area (TPSA) is 84.1 Å². The molecule has 0 aliphatic rings. The molecule has 0 aliphatic carbocycles. The predicted molar refractivity (Wildman–Crippen MR) is 107 cm³/mol. The number of thiazole rings is 1. The Morgan fingerprint density at radius 1 is 1.17 bits per heavy atom. The van der Waals surface area contributed by atoms with Gasteiger partial charge >= 0.3 is 6.61 Å². The molecule has 146 valence electrons. The second kappa shape index (κ2) is 7.80. The number of hydrogen-bond donors (Lipinski definition) is 2. The van der Waals surface area contributed by atoms with Gasteiger partial charge in [0, 0.05) is 34.3 Å². The van der Waals surface area contributed by atoms with Gasteiger partial charge in [-0.05, 0) is 24.3 Å². The third-order valence-corrected chi connectivity index (χ3v) is 4.82. The normalized spacial score (nSPS) is 11.0. The standard InChI is InChI=1S/C20H13F2N3O3S/c21-19(22)28-12-4-1-3-11(9-12)15-10-16(26)13-5-2-6-14(17(13)24-15)18(27)25-20-23-7-8-29-20/h1-10,19H,(H,24,26)(H,23,25,27). The van der Waals surface area contributed by atoms with Crippen molar-refractivity contribution in [3.8, 4) is 17.0 Å². The monoisotopic (exact) mass is 413 g/mol. The maximum atomic E-state index is 12.7. The maximum Gasteiger partial charge on any atom is 0.387 e. The van der Waals surface area contributed by atoms with Crippen molar-refractivity contribution in [2.75, 3.05) is 5.32 Å². The number of hydrogen-bond acceptors (Lipinski definition) is 5. The Labute approximate surface area is 166 Å². The van der Waals surface area contributed by atoms with Gasteiger partial charge < -0.3 is 9.72 Å². The van der Waals surface area contributed by atoms with E-state index >= 15 is 0 Å². The number of para-hydroxylation sites is 1. The molecule has 0 fully saturated rings. The van der Waals surface area contributed by atoms with Gasteiger partial charge in [-0.1, -0.05) is 18.2 Å². The SMILES string of the molecule is O=C(Nc1nccs1)c1cccc2c(=O)cc(-c3cccc(OC(F)F)c3)[nH]c12. The molecule has 2 N–H and O–H groups in total. The van der Waals surface area contributed by atoms with Gasteiger partial charge in [0.25, 0.3) is 5.91 Å². The number of H-pyrrole nitrogens is 1. The minimum absolute atomic E-state index is 0.0340. The van der Waals surface area contributed by atoms with E-state index in [1.54, 1.807) is 35.8 Å². The fraction of sp³-hybridized carbons (Fsp3) is 0.0500. The van der Waals surface area contributed by atoms with Crippen molar-refractivity contribution in [3.05, 3.63) is 75.9 Å². The molecule has 0 saturated carbocycles. The zero-order valence-corrected chi connectivity index (χ0v) is 15.5. The molecule has 2 heterocycles. The van der Waals surface area contributed by atoms with E-state index < -0.39 is 12.5 Å². The molecule has 0 unspecified atom stereocenters. The van der Waals surface area contributed by atoms with Gasteiger partial charge in [0.1, 0.15) is 5.75 Å². The summed E-state index contributed by atoms with van der Waals surface area (Å²) in [6, 6.07) is 12.1. The Kier molecular flexibility index (Phi) is 5.05. The average molecular weight is 413 g/mol. The second-order valence-corrected chi connectivity index (χ2v) is 6.87. The van der Waals surface area contributed by atoms with E-state index in [0.717, 1.165) is 0 Å². The number of carbonyl (C=O) groups is 1. The number of carbonyl (C=O) groups excluding carboxylic acids is 1. The number of aromatic amines is 1. The Morgan fingerprint density at radius 3 is 2.76 bits per heavy atom. The lowest BCUT2D eigenvalue weighted by atomic mass is 10.1. The van der Waals surface area contributed by atoms with Crippen LogP contribution >= 0.6 is 11.3 Å². The van der Waals surface area contributed by atoms with Gasteiger partial charge in [-0.25, -0.2) is 4.98 Å². The summed E-state index contributed by atoms with van der Waals surface area (Å²) in [5.74, 6) is -0.457. The molecule has 1 amide bonds. The Hall–Kier alpha value is -3.59. The van der Waals surface area contributed by atoms with Crippen LogP contribution in [-0.2, 0) is 0 Å². The number of rotatable bonds is 5. The number of benzene rings is 2. The summed E-state index contributed by atoms with van der Waals surface area (Å²) in [6.07, 6.45) is 1.57. The highest BCUT2D eigenvalue weighted by Crippen LogP contribution is 2.25. The molecule has 9 heteroatoms. The first-order chi connectivity index (χ1) is 14.0. The number of alkyl halides is 2. The Bertz CT molecular complexity index is 1240. The summed E-state index contributed by atoms with van der Waals surface area (Å²) in [4.78, 5) is 32.4. The van der Waals surface area contributed by atoms with Crippen molar-refractivity contribution in [3.63, 3.8) is 0 Å². The van der Waals surface area contributed by atoms with E-state index in [1.165, 1.54) is 35.6 Å². The number of halogens is 2. The molecule has 0 aliphatic heterocycles. The minimum Gasteiger partial charge on any atom is -0.435 e. The fourth-order valence-corrected chi connectivity index (χ4v) is 3.43. The molecule has 2 aromatic heterocycles. The summed E-state index contributed by atoms with van der Waals surface area (Å²) < 4.78 is 29.4. The quantitative estimate of drug-likeness (QED) is 0.504. The van der Waals surface area contributed by atoms with E-state index in [1.807, 2.05) is 0 Å². The number of anilines is 1. The van der Waals surface area contributed by atoms with Crippen molar-refractivity contribution in [1.29, 1.82) is 0 Å². The molecule has 0 atom stereocenters. The number of fused-ring (bicyclic) bond motifs is 1. The van der Waals surface area contributed by atoms with Gasteiger partial charge in [-0.2, -0.15) is 8.78 Å². The van der Waals surface area contributed by atoms with Crippen LogP contribution in [0, 0.1) is 0 Å². The molecule has 0 radical (unpaired) electrons. The van der Waals surface area contributed by atoms with E-state index in [4.69, 9.17) is 0 Å². The van der Waals surface area contributed by atoms with Crippen LogP contribution in [-0.4, -0.2) is 22.5 Å². The molecule has 0 spiro atoms. The van der Waals surface area contributed by atoms with Gasteiger partial charge in [-0.15, -0.1) is 11.3 Å². The van der Waals surface area contributed by atoms with Crippen LogP contribution in [0.5, 0.6) is 5.75 Å². The molecular formula is C20H13F2N3O3S. The van der Waals surface area contributed by atoms with Crippen LogP contribution in [0.15, 0.2) is 64.9 Å². The Balaban J connectivity index is 1.80. The zero-order chi connectivity index (χ0) is 20.4. The summed E-state index contributed by atoms with van der Waals surface area (Å²) >= 11 is 1.27. The van der Waals surface area contributed by atoms with Gasteiger partial charge in [0.15, 0.2) is 10.6 Å². The molecule has 0 saturated heterocycles. The molecule has 29 heavy (non-hydrogen) atoms. The molecule has 0 bridgehead atoms. The largest absolute Gasteiger partial charge is 0.435 e. The van der Waals surface area contributed by atoms with E-state index in [0.29, 0.717) is 27.3 Å². The molecule has 4 aromatic rings. The van der Waals surface area contributed by atoms with Crippen molar-refractivity contribution >= 4 is 33.3 Å². The third kappa shape index (κ3) is 3.99. The minimum atomic E-state index is -2.96. The van der Waals surface area contributed by atoms with Crippen molar-refractivity contribution < 1.29 is 18.3 Å². The van der Waals surface area contributed by atoms with Crippen LogP contribution in [0.25, 0.3) is 22.2 Å². The number of pyridine rings is 1. The van der Waals surface area contributed by atoms with Gasteiger partial charge in [-0.3, -0.25) is 14.9 Å². The summed E-state index contributed by atoms with van der Waals surface area (Å²) in [5, 5.41) is 5.18. The second-order valence-electron chi connectivity index (χ2n) is 5.97. The van der Waals surface area contributed by atoms with E-state index in [9.17, 15) is 18.4 Å². The zero-order valence-electron chi connectivity index (χ0n) is 14.7. The molecule has 6 nitrogen and oxygen atoms in total. The highest BCUT2D eigenvalue weighted by molar-refractivity contribution is 7.13. The van der Waals surface area contributed by atoms with Crippen LogP contribution in [0.3, 0.4) is 0 Å². The lowest BCUT2D eigenvalue weighted by molar-refractivity contribution is -0.0498. The molecule has 2 aromatic carbocycles. The van der Waals surface area contributed by atoms with Crippen LogP contribution in [0.2, 0.25) is 0 Å². The first kappa shape index (κ1) is 18.8. The summed E-state index contributed by atoms with van der Waals surface area (Å²) in [7, 11) is 0. The van der Waals surface area contributed by atoms with Crippen LogP contribution in [0.4, 0.5) is 13.9 Å². The smallest absolute Gasteiger partial charge is 0.387 e. The number of amides is 1. The third-order valence-electron chi connectivity index (χ3n) is 4.13. The van der Waals surface area contributed by atoms with E-state index in [-0.39, 0.29) is 16.7 Å². The van der Waals surface area contributed by atoms with E-state index in [2.05, 4.69) is 20.0 Å². The number of aromatic nitrogens is 2. The maximum absolute atomic E-state index is 12.7. The number of nitrogens with one attached hydrogen (secondary N) is 2. The fourth-order valence-electron chi connectivity index (χ4n) is 2.91. The Morgan fingerprint density at radius 2 is 2.00 bits per heavy atom. The lowest BCUT2D eigenvalue weighted by Crippen LogP contribution is -2.14. The van der Waals surface area contributed by atoms with Crippen molar-refractivity contribution in [2.24, 2.45) is 0 Å². The summed E-state index contributed by atoms with van der Waals surface area (Å²) in [5.41, 5.74) is 1.13. The first-order valence-electron chi connectivity index (χ1n) is 8.43. The molecule has 4 rings (SSSR count). The summed E-state index contributed by atoms with van der Waals surface area (Å²) in [6.45, 7) is -2.96. The van der Waals surface area contributed by atoms with Crippen LogP contribution < -0.4 is 15.5 Å². The molecular weight excluding hydrogens is 400 g/mol. The number of nitrogens with zero attached hydrogens (tertiary/aromatic N) is 1. The first-order valence-corrected chi connectivity index (χ1v) is 9.31. The lowest BCUT2D eigenvalue weighted by Gasteiger charge is -2.10. The highest BCUT2D eigenvalue weighted by atomic mass is 32.1. The van der Waals surface area contributed by atoms with Gasteiger partial charge in [0.05, 0.1) is 11.1 Å². The highest BCUT2D eigenvalue weighted by Gasteiger charge is 2.15. The van der Waals surface area contributed by atoms with Crippen LogP contribution in [0.1, 0.15) is 10.4 Å². The predicted octanol–water partition coefficient (Wildman–Crippen LogP) is 4.51. The average Bonchev–Trinajstić information content (AvgIpc) is 3.20. The van der Waals surface area contributed by atoms with Crippen molar-refractivity contribution in [2.45, 2.75) is 6.61 Å². The number of ether oxygens (including phenoxy) is 1. The van der Waals surface area contributed by atoms with Gasteiger partial charge in [0.2, 0.25) is 0 Å². The van der Waals surface area contributed by atoms with Crippen molar-refractivity contribution in [1.82, 2.24) is 9.97 Å².